The fraction of sp³-hybridized carbons (Fsp3) is 0.100. The third-order valence-electron chi connectivity index (χ3n) is 6.76. The molecule has 4 aromatic carbocycles. The Morgan fingerprint density at radius 2 is 1.62 bits per heavy atom. The van der Waals surface area contributed by atoms with E-state index in [2.05, 4.69) is 30.2 Å². The van der Waals surface area contributed by atoms with E-state index >= 15 is 0 Å². The van der Waals surface area contributed by atoms with Crippen molar-refractivity contribution in [2.75, 3.05) is 5.32 Å². The van der Waals surface area contributed by atoms with E-state index in [0.29, 0.717) is 33.4 Å². The summed E-state index contributed by atoms with van der Waals surface area (Å²) in [5.74, 6) is 0.746. The Kier molecular flexibility index (Phi) is 6.87. The van der Waals surface area contributed by atoms with E-state index in [4.69, 9.17) is 0 Å². The van der Waals surface area contributed by atoms with Gasteiger partial charge in [-0.3, -0.25) is 0 Å². The topological polar surface area (TPSA) is 113 Å². The van der Waals surface area contributed by atoms with Gasteiger partial charge in [-0.15, -0.1) is 10.2 Å². The predicted molar refractivity (Wildman–Crippen MR) is 155 cm³/mol. The molecule has 0 aliphatic rings. The number of fused-ring (bicyclic) bond motifs is 2. The molecule has 0 atom stereocenters. The number of H-pyrrole nitrogens is 1. The molecule has 12 heteroatoms. The first-order valence-corrected chi connectivity index (χ1v) is 14.3. The second-order valence-corrected chi connectivity index (χ2v) is 11.4. The van der Waals surface area contributed by atoms with Gasteiger partial charge in [0.25, 0.3) is 0 Å². The molecular weight excluding hydrogens is 565 g/mol. The van der Waals surface area contributed by atoms with Gasteiger partial charge in [0, 0.05) is 22.0 Å². The molecular formula is C30H23F3N6O2S. The van der Waals surface area contributed by atoms with Gasteiger partial charge >= 0.3 is 6.18 Å². The maximum Gasteiger partial charge on any atom is 0.416 e. The van der Waals surface area contributed by atoms with E-state index in [9.17, 15) is 21.6 Å². The summed E-state index contributed by atoms with van der Waals surface area (Å²) < 4.78 is 69.0. The van der Waals surface area contributed by atoms with Crippen LogP contribution in [-0.4, -0.2) is 28.6 Å². The lowest BCUT2D eigenvalue weighted by Crippen LogP contribution is -2.24. The van der Waals surface area contributed by atoms with Crippen molar-refractivity contribution in [1.82, 2.24) is 24.9 Å². The van der Waals surface area contributed by atoms with Crippen LogP contribution in [0.4, 0.5) is 24.7 Å². The highest BCUT2D eigenvalue weighted by atomic mass is 32.2. The summed E-state index contributed by atoms with van der Waals surface area (Å²) in [4.78, 5) is 7.61. The fourth-order valence-corrected chi connectivity index (χ4v) is 5.94. The SMILES string of the molecule is Cc1ccc(-c2nnc(Nc3cccc(C(F)(F)F)c3)c3ccccc23)cc1S(=O)(=O)NCc1nc2ccccc2[nH]1. The first-order valence-electron chi connectivity index (χ1n) is 12.8. The number of rotatable bonds is 7. The van der Waals surface area contributed by atoms with Crippen LogP contribution in [0.1, 0.15) is 17.0 Å². The van der Waals surface area contributed by atoms with Gasteiger partial charge in [0.2, 0.25) is 10.0 Å². The molecule has 0 fully saturated rings. The van der Waals surface area contributed by atoms with E-state index in [0.717, 1.165) is 23.2 Å². The molecule has 2 heterocycles. The number of aromatic amines is 1. The molecule has 0 aliphatic heterocycles. The number of halogens is 3. The first-order chi connectivity index (χ1) is 20.1. The summed E-state index contributed by atoms with van der Waals surface area (Å²) in [6.07, 6.45) is -4.49. The summed E-state index contributed by atoms with van der Waals surface area (Å²) in [5.41, 5.74) is 2.44. The largest absolute Gasteiger partial charge is 0.416 e. The number of aryl methyl sites for hydroxylation is 1. The van der Waals surface area contributed by atoms with Gasteiger partial charge in [-0.2, -0.15) is 13.2 Å². The number of nitrogens with zero attached hydrogens (tertiary/aromatic N) is 3. The second kappa shape index (κ2) is 10.5. The summed E-state index contributed by atoms with van der Waals surface area (Å²) in [7, 11) is -3.94. The minimum Gasteiger partial charge on any atom is -0.341 e. The monoisotopic (exact) mass is 588 g/mol. The summed E-state index contributed by atoms with van der Waals surface area (Å²) >= 11 is 0. The van der Waals surface area contributed by atoms with Gasteiger partial charge in [-0.1, -0.05) is 54.6 Å². The highest BCUT2D eigenvalue weighted by Gasteiger charge is 2.30. The van der Waals surface area contributed by atoms with Gasteiger partial charge in [-0.05, 0) is 48.9 Å². The number of benzene rings is 4. The maximum absolute atomic E-state index is 13.4. The van der Waals surface area contributed by atoms with Crippen LogP contribution in [0.5, 0.6) is 0 Å². The lowest BCUT2D eigenvalue weighted by Gasteiger charge is -2.14. The molecule has 3 N–H and O–H groups in total. The van der Waals surface area contributed by atoms with E-state index in [1.807, 2.05) is 24.3 Å². The van der Waals surface area contributed by atoms with Crippen LogP contribution in [0.3, 0.4) is 0 Å². The lowest BCUT2D eigenvalue weighted by atomic mass is 10.0. The summed E-state index contributed by atoms with van der Waals surface area (Å²) in [6.45, 7) is 1.67. The number of aromatic nitrogens is 4. The zero-order valence-corrected chi connectivity index (χ0v) is 22.9. The van der Waals surface area contributed by atoms with E-state index in [-0.39, 0.29) is 22.9 Å². The molecule has 8 nitrogen and oxygen atoms in total. The molecule has 0 aliphatic carbocycles. The minimum absolute atomic E-state index is 0.0284. The standard InChI is InChI=1S/C30H23F3N6O2S/c1-18-13-14-19(15-26(18)42(40,41)34-17-27-36-24-11-4-5-12-25(24)37-27)28-22-9-2-3-10-23(22)29(39-38-28)35-21-8-6-7-20(16-21)30(31,32)33/h2-16,34H,17H2,1H3,(H,35,39)(H,36,37). The van der Waals surface area contributed by atoms with Gasteiger partial charge in [0.15, 0.2) is 5.82 Å². The van der Waals surface area contributed by atoms with E-state index in [1.54, 1.807) is 43.3 Å². The van der Waals surface area contributed by atoms with Gasteiger partial charge < -0.3 is 10.3 Å². The van der Waals surface area contributed by atoms with Gasteiger partial charge in [0.05, 0.1) is 28.0 Å². The Labute approximate surface area is 238 Å². The van der Waals surface area contributed by atoms with Crippen molar-refractivity contribution in [2.24, 2.45) is 0 Å². The number of sulfonamides is 1. The van der Waals surface area contributed by atoms with Crippen LogP contribution in [-0.2, 0) is 22.7 Å². The molecule has 6 aromatic rings. The van der Waals surface area contributed by atoms with Crippen molar-refractivity contribution in [1.29, 1.82) is 0 Å². The van der Waals surface area contributed by atoms with Crippen LogP contribution in [0.25, 0.3) is 33.1 Å². The molecule has 0 bridgehead atoms. The van der Waals surface area contributed by atoms with Crippen LogP contribution in [0, 0.1) is 6.92 Å². The third kappa shape index (κ3) is 5.41. The zero-order valence-electron chi connectivity index (χ0n) is 22.1. The Morgan fingerprint density at radius 1 is 0.857 bits per heavy atom. The van der Waals surface area contributed by atoms with Crippen molar-refractivity contribution >= 4 is 43.3 Å². The number of nitrogens with one attached hydrogen (secondary N) is 3. The van der Waals surface area contributed by atoms with Crippen molar-refractivity contribution in [3.8, 4) is 11.3 Å². The molecule has 0 amide bonds. The molecule has 42 heavy (non-hydrogen) atoms. The van der Waals surface area contributed by atoms with E-state index < -0.39 is 21.8 Å². The summed E-state index contributed by atoms with van der Waals surface area (Å²) in [5, 5.41) is 12.8. The van der Waals surface area contributed by atoms with Crippen molar-refractivity contribution in [2.45, 2.75) is 24.5 Å². The number of alkyl halides is 3. The smallest absolute Gasteiger partial charge is 0.341 e. The fourth-order valence-electron chi connectivity index (χ4n) is 4.69. The number of anilines is 2. The Hall–Kier alpha value is -4.81. The van der Waals surface area contributed by atoms with Gasteiger partial charge in [-0.25, -0.2) is 18.1 Å². The van der Waals surface area contributed by atoms with Crippen LogP contribution in [0.2, 0.25) is 0 Å². The molecule has 0 saturated carbocycles. The molecule has 212 valence electrons. The minimum atomic E-state index is -4.49. The quantitative estimate of drug-likeness (QED) is 0.191. The lowest BCUT2D eigenvalue weighted by molar-refractivity contribution is -0.137. The van der Waals surface area contributed by atoms with Crippen LogP contribution in [0.15, 0.2) is 95.9 Å². The van der Waals surface area contributed by atoms with Crippen LogP contribution < -0.4 is 10.0 Å². The predicted octanol–water partition coefficient (Wildman–Crippen LogP) is 6.72. The molecule has 0 unspecified atom stereocenters. The third-order valence-corrected chi connectivity index (χ3v) is 8.30. The number of imidazole rings is 1. The molecule has 0 saturated heterocycles. The Balaban J connectivity index is 1.32. The molecule has 0 spiro atoms. The number of para-hydroxylation sites is 2. The van der Waals surface area contributed by atoms with Gasteiger partial charge in [0.1, 0.15) is 11.5 Å². The number of hydrogen-bond donors (Lipinski definition) is 3. The van der Waals surface area contributed by atoms with Crippen molar-refractivity contribution in [3.63, 3.8) is 0 Å². The summed E-state index contributed by atoms with van der Waals surface area (Å²) in [6, 6.07) is 24.3. The maximum atomic E-state index is 13.4. The van der Waals surface area contributed by atoms with Crippen molar-refractivity contribution < 1.29 is 21.6 Å². The Bertz CT molecular complexity index is 2030. The van der Waals surface area contributed by atoms with Crippen LogP contribution >= 0.6 is 0 Å². The average molecular weight is 589 g/mol. The second-order valence-electron chi connectivity index (χ2n) is 9.65. The van der Waals surface area contributed by atoms with E-state index in [1.165, 1.54) is 18.2 Å². The van der Waals surface area contributed by atoms with Crippen molar-refractivity contribution in [3.05, 3.63) is 108 Å². The zero-order chi connectivity index (χ0) is 29.5. The first kappa shape index (κ1) is 27.4. The average Bonchev–Trinajstić information content (AvgIpc) is 3.40. The Morgan fingerprint density at radius 3 is 2.40 bits per heavy atom. The normalized spacial score (nSPS) is 12.2. The molecule has 6 rings (SSSR count). The number of hydrogen-bond acceptors (Lipinski definition) is 6. The highest BCUT2D eigenvalue weighted by molar-refractivity contribution is 7.89. The molecule has 2 aromatic heterocycles. The molecule has 0 radical (unpaired) electrons. The highest BCUT2D eigenvalue weighted by Crippen LogP contribution is 2.35.